The molecule has 92 valence electrons. The number of hydrogen-bond donors (Lipinski definition) is 2. The van der Waals surface area contributed by atoms with Crippen LogP contribution in [0.3, 0.4) is 0 Å². The number of methoxy groups -OCH3 is 1. The van der Waals surface area contributed by atoms with Crippen molar-refractivity contribution in [1.29, 1.82) is 5.41 Å². The Kier molecular flexibility index (Phi) is 3.35. The van der Waals surface area contributed by atoms with E-state index in [1.807, 2.05) is 4.90 Å². The fourth-order valence-corrected chi connectivity index (χ4v) is 2.69. The Morgan fingerprint density at radius 3 is 2.75 bits per heavy atom. The average molecular weight is 227 g/mol. The van der Waals surface area contributed by atoms with Crippen LogP contribution in [0.1, 0.15) is 25.7 Å². The summed E-state index contributed by atoms with van der Waals surface area (Å²) in [6, 6.07) is 0. The molecule has 0 aromatic heterocycles. The highest BCUT2D eigenvalue weighted by atomic mass is 16.5. The van der Waals surface area contributed by atoms with E-state index in [1.54, 1.807) is 7.11 Å². The number of hydrogen-bond acceptors (Lipinski definition) is 3. The van der Waals surface area contributed by atoms with Gasteiger partial charge in [0.15, 0.2) is 5.96 Å². The van der Waals surface area contributed by atoms with Gasteiger partial charge in [0, 0.05) is 33.2 Å². The third-order valence-corrected chi connectivity index (χ3v) is 3.80. The lowest BCUT2D eigenvalue weighted by atomic mass is 9.83. The summed E-state index contributed by atoms with van der Waals surface area (Å²) in [6.07, 6.45) is 4.21. The Balaban J connectivity index is 1.93. The average Bonchev–Trinajstić information content (AvgIpc) is 2.29. The summed E-state index contributed by atoms with van der Waals surface area (Å²) in [5, 5.41) is 7.41. The summed E-state index contributed by atoms with van der Waals surface area (Å²) in [5.74, 6) is 0.175. The molecule has 0 aliphatic carbocycles. The van der Waals surface area contributed by atoms with Crippen LogP contribution in [-0.2, 0) is 9.47 Å². The van der Waals surface area contributed by atoms with Crippen molar-refractivity contribution in [3.63, 3.8) is 0 Å². The van der Waals surface area contributed by atoms with Gasteiger partial charge in [-0.2, -0.15) is 0 Å². The second kappa shape index (κ2) is 4.59. The molecule has 0 aromatic carbocycles. The third kappa shape index (κ3) is 2.30. The number of rotatable bonds is 1. The van der Waals surface area contributed by atoms with Gasteiger partial charge < -0.3 is 20.1 Å². The summed E-state index contributed by atoms with van der Waals surface area (Å²) in [6.45, 7) is 2.44. The fraction of sp³-hybridized carbons (Fsp3) is 0.909. The summed E-state index contributed by atoms with van der Waals surface area (Å²) in [7, 11) is 1.77. The first-order valence-corrected chi connectivity index (χ1v) is 5.91. The van der Waals surface area contributed by atoms with Crippen LogP contribution in [0.4, 0.5) is 0 Å². The van der Waals surface area contributed by atoms with Crippen LogP contribution in [0.2, 0.25) is 0 Å². The van der Waals surface area contributed by atoms with Crippen LogP contribution in [0.5, 0.6) is 0 Å². The smallest absolute Gasteiger partial charge is 0.188 e. The molecule has 2 rings (SSSR count). The van der Waals surface area contributed by atoms with Gasteiger partial charge in [0.2, 0.25) is 0 Å². The standard InChI is InChI=1S/C11H21N3O2/c1-15-9-2-7-16-11(8-9)3-5-14(6-4-11)10(12)13/h9H,2-8H2,1H3,(H3,12,13)/t9-/m0/s1. The summed E-state index contributed by atoms with van der Waals surface area (Å²) in [5.41, 5.74) is 5.46. The van der Waals surface area contributed by atoms with Crippen LogP contribution < -0.4 is 5.73 Å². The number of guanidine groups is 1. The van der Waals surface area contributed by atoms with E-state index in [4.69, 9.17) is 20.6 Å². The van der Waals surface area contributed by atoms with Crippen molar-refractivity contribution in [2.75, 3.05) is 26.8 Å². The predicted molar refractivity (Wildman–Crippen MR) is 61.4 cm³/mol. The first-order chi connectivity index (χ1) is 7.65. The molecule has 2 saturated heterocycles. The van der Waals surface area contributed by atoms with E-state index in [9.17, 15) is 0 Å². The SMILES string of the molecule is CO[C@H]1CCOC2(CCN(C(=N)N)CC2)C1. The second-order valence-corrected chi connectivity index (χ2v) is 4.75. The number of ether oxygens (including phenoxy) is 2. The van der Waals surface area contributed by atoms with Crippen LogP contribution in [-0.4, -0.2) is 49.4 Å². The molecule has 0 radical (unpaired) electrons. The molecule has 16 heavy (non-hydrogen) atoms. The van der Waals surface area contributed by atoms with Gasteiger partial charge in [0.1, 0.15) is 0 Å². The van der Waals surface area contributed by atoms with Crippen molar-refractivity contribution in [2.24, 2.45) is 5.73 Å². The fourth-order valence-electron chi connectivity index (χ4n) is 2.69. The molecule has 0 bridgehead atoms. The monoisotopic (exact) mass is 227 g/mol. The Bertz CT molecular complexity index is 262. The van der Waals surface area contributed by atoms with Crippen molar-refractivity contribution in [1.82, 2.24) is 4.90 Å². The van der Waals surface area contributed by atoms with Gasteiger partial charge in [-0.15, -0.1) is 0 Å². The molecule has 1 spiro atoms. The first-order valence-electron chi connectivity index (χ1n) is 5.91. The van der Waals surface area contributed by atoms with E-state index >= 15 is 0 Å². The van der Waals surface area contributed by atoms with Gasteiger partial charge in [-0.25, -0.2) is 0 Å². The van der Waals surface area contributed by atoms with E-state index in [0.29, 0.717) is 6.10 Å². The molecule has 5 heteroatoms. The highest BCUT2D eigenvalue weighted by Gasteiger charge is 2.40. The Morgan fingerprint density at radius 2 is 2.19 bits per heavy atom. The molecular formula is C11H21N3O2. The zero-order valence-corrected chi connectivity index (χ0v) is 9.87. The molecule has 5 nitrogen and oxygen atoms in total. The molecule has 2 aliphatic heterocycles. The topological polar surface area (TPSA) is 71.6 Å². The lowest BCUT2D eigenvalue weighted by Crippen LogP contribution is -2.53. The summed E-state index contributed by atoms with van der Waals surface area (Å²) >= 11 is 0. The van der Waals surface area contributed by atoms with Crippen molar-refractivity contribution in [3.05, 3.63) is 0 Å². The van der Waals surface area contributed by atoms with Crippen LogP contribution >= 0.6 is 0 Å². The van der Waals surface area contributed by atoms with E-state index < -0.39 is 0 Å². The minimum Gasteiger partial charge on any atom is -0.381 e. The number of likely N-dealkylation sites (tertiary alicyclic amines) is 1. The van der Waals surface area contributed by atoms with Gasteiger partial charge >= 0.3 is 0 Å². The summed E-state index contributed by atoms with van der Waals surface area (Å²) < 4.78 is 11.4. The van der Waals surface area contributed by atoms with Gasteiger partial charge in [-0.3, -0.25) is 5.41 Å². The number of nitrogens with two attached hydrogens (primary N) is 1. The van der Waals surface area contributed by atoms with Crippen LogP contribution in [0.15, 0.2) is 0 Å². The minimum absolute atomic E-state index is 0.0229. The largest absolute Gasteiger partial charge is 0.381 e. The highest BCUT2D eigenvalue weighted by Crippen LogP contribution is 2.35. The highest BCUT2D eigenvalue weighted by molar-refractivity contribution is 5.74. The van der Waals surface area contributed by atoms with Crippen molar-refractivity contribution in [2.45, 2.75) is 37.4 Å². The molecule has 0 aromatic rings. The van der Waals surface area contributed by atoms with Crippen molar-refractivity contribution >= 4 is 5.96 Å². The zero-order chi connectivity index (χ0) is 11.6. The maximum absolute atomic E-state index is 7.41. The lowest BCUT2D eigenvalue weighted by molar-refractivity contribution is -0.145. The maximum Gasteiger partial charge on any atom is 0.188 e. The lowest BCUT2D eigenvalue weighted by Gasteiger charge is -2.45. The molecule has 0 saturated carbocycles. The second-order valence-electron chi connectivity index (χ2n) is 4.75. The van der Waals surface area contributed by atoms with Gasteiger partial charge in [0.05, 0.1) is 11.7 Å². The van der Waals surface area contributed by atoms with Crippen molar-refractivity contribution < 1.29 is 9.47 Å². The Hall–Kier alpha value is -0.810. The number of nitrogens with zero attached hydrogens (tertiary/aromatic N) is 1. The summed E-state index contributed by atoms with van der Waals surface area (Å²) in [4.78, 5) is 1.91. The molecule has 1 atom stereocenters. The van der Waals surface area contributed by atoms with Gasteiger partial charge in [-0.05, 0) is 19.3 Å². The van der Waals surface area contributed by atoms with Crippen LogP contribution in [0, 0.1) is 5.41 Å². The first kappa shape index (κ1) is 11.7. The molecule has 3 N–H and O–H groups in total. The molecule has 0 amide bonds. The van der Waals surface area contributed by atoms with E-state index in [-0.39, 0.29) is 11.6 Å². The van der Waals surface area contributed by atoms with E-state index in [0.717, 1.165) is 45.4 Å². The Morgan fingerprint density at radius 1 is 1.50 bits per heavy atom. The van der Waals surface area contributed by atoms with Crippen LogP contribution in [0.25, 0.3) is 0 Å². The normalized spacial score (nSPS) is 29.3. The molecule has 0 unspecified atom stereocenters. The molecule has 2 fully saturated rings. The van der Waals surface area contributed by atoms with E-state index in [1.165, 1.54) is 0 Å². The maximum atomic E-state index is 7.41. The number of piperidine rings is 1. The number of nitrogens with one attached hydrogen (secondary N) is 1. The minimum atomic E-state index is -0.0229. The quantitative estimate of drug-likeness (QED) is 0.506. The Labute approximate surface area is 96.4 Å². The molecule has 2 aliphatic rings. The molecular weight excluding hydrogens is 206 g/mol. The van der Waals surface area contributed by atoms with E-state index in [2.05, 4.69) is 0 Å². The van der Waals surface area contributed by atoms with Gasteiger partial charge in [-0.1, -0.05) is 0 Å². The third-order valence-electron chi connectivity index (χ3n) is 3.80. The molecule has 2 heterocycles. The predicted octanol–water partition coefficient (Wildman–Crippen LogP) is 0.540. The zero-order valence-electron chi connectivity index (χ0n) is 9.87. The van der Waals surface area contributed by atoms with Crippen molar-refractivity contribution in [3.8, 4) is 0 Å². The van der Waals surface area contributed by atoms with Gasteiger partial charge in [0.25, 0.3) is 0 Å².